The van der Waals surface area contributed by atoms with Crippen molar-refractivity contribution in [3.8, 4) is 0 Å². The van der Waals surface area contributed by atoms with Crippen molar-refractivity contribution in [3.63, 3.8) is 0 Å². The lowest BCUT2D eigenvalue weighted by atomic mass is 10.4. The first-order valence-electron chi connectivity index (χ1n) is 3.67. The van der Waals surface area contributed by atoms with Crippen LogP contribution in [-0.2, 0) is 9.53 Å². The minimum atomic E-state index is -0.243. The predicted octanol–water partition coefficient (Wildman–Crippen LogP) is 2.21. The van der Waals surface area contributed by atoms with Gasteiger partial charge in [0.1, 0.15) is 0 Å². The lowest BCUT2D eigenvalue weighted by molar-refractivity contribution is -0.137. The molecule has 0 radical (unpaired) electrons. The lowest BCUT2D eigenvalue weighted by Gasteiger charge is -1.97. The van der Waals surface area contributed by atoms with Crippen LogP contribution in [0.25, 0.3) is 0 Å². The molecule has 0 bridgehead atoms. The maximum Gasteiger partial charge on any atom is 0.331 e. The highest BCUT2D eigenvalue weighted by Crippen LogP contribution is 1.95. The van der Waals surface area contributed by atoms with Crippen LogP contribution < -0.4 is 0 Å². The Balaban J connectivity index is 3.30. The topological polar surface area (TPSA) is 26.3 Å². The number of hydrogen-bond acceptors (Lipinski definition) is 3. The molecule has 0 aliphatic carbocycles. The van der Waals surface area contributed by atoms with Crippen molar-refractivity contribution in [1.82, 2.24) is 0 Å². The highest BCUT2D eigenvalue weighted by Gasteiger charge is 1.93. The van der Waals surface area contributed by atoms with E-state index in [1.165, 1.54) is 17.8 Å². The molecule has 3 heteroatoms. The summed E-state index contributed by atoms with van der Waals surface area (Å²) in [5.41, 5.74) is 0. The smallest absolute Gasteiger partial charge is 0.331 e. The predicted molar refractivity (Wildman–Crippen MR) is 48.5 cm³/mol. The van der Waals surface area contributed by atoms with E-state index >= 15 is 0 Å². The molecule has 0 aromatic carbocycles. The van der Waals surface area contributed by atoms with Crippen LogP contribution >= 0.6 is 11.8 Å². The Morgan fingerprint density at radius 2 is 2.36 bits per heavy atom. The maximum absolute atomic E-state index is 10.8. The molecule has 0 atom stereocenters. The fraction of sp³-hybridized carbons (Fsp3) is 0.625. The minimum Gasteiger partial charge on any atom is -0.463 e. The van der Waals surface area contributed by atoms with Crippen LogP contribution in [0.4, 0.5) is 0 Å². The van der Waals surface area contributed by atoms with Crippen LogP contribution in [0.1, 0.15) is 19.8 Å². The molecule has 11 heavy (non-hydrogen) atoms. The Morgan fingerprint density at radius 3 is 2.91 bits per heavy atom. The van der Waals surface area contributed by atoms with Gasteiger partial charge in [0.05, 0.1) is 6.61 Å². The second-order valence-electron chi connectivity index (χ2n) is 2.06. The largest absolute Gasteiger partial charge is 0.463 e. The Labute approximate surface area is 72.0 Å². The normalized spacial score (nSPS) is 10.4. The summed E-state index contributed by atoms with van der Waals surface area (Å²) in [6.07, 6.45) is 5.34. The molecule has 0 saturated carbocycles. The summed E-state index contributed by atoms with van der Waals surface area (Å²) in [5, 5.41) is 1.72. The molecule has 0 amide bonds. The summed E-state index contributed by atoms with van der Waals surface area (Å²) >= 11 is 1.49. The van der Waals surface area contributed by atoms with E-state index in [9.17, 15) is 4.79 Å². The fourth-order valence-corrected chi connectivity index (χ4v) is 0.736. The quantitative estimate of drug-likeness (QED) is 0.363. The van der Waals surface area contributed by atoms with Gasteiger partial charge in [-0.2, -0.15) is 0 Å². The van der Waals surface area contributed by atoms with Crippen molar-refractivity contribution in [3.05, 3.63) is 11.5 Å². The molecule has 0 spiro atoms. The SMILES string of the molecule is CCCCOC(=O)C=CSC. The van der Waals surface area contributed by atoms with E-state index in [1.54, 1.807) is 5.41 Å². The third-order valence-electron chi connectivity index (χ3n) is 1.08. The van der Waals surface area contributed by atoms with E-state index in [-0.39, 0.29) is 5.97 Å². The van der Waals surface area contributed by atoms with Gasteiger partial charge in [-0.15, -0.1) is 11.8 Å². The van der Waals surface area contributed by atoms with Gasteiger partial charge in [0.25, 0.3) is 0 Å². The van der Waals surface area contributed by atoms with Gasteiger partial charge in [0.2, 0.25) is 0 Å². The van der Waals surface area contributed by atoms with Crippen molar-refractivity contribution in [2.45, 2.75) is 19.8 Å². The number of ether oxygens (including phenoxy) is 1. The zero-order chi connectivity index (χ0) is 8.53. The number of unbranched alkanes of at least 4 members (excludes halogenated alkanes) is 1. The summed E-state index contributed by atoms with van der Waals surface area (Å²) in [5.74, 6) is -0.243. The van der Waals surface area contributed by atoms with Crippen LogP contribution in [0.15, 0.2) is 11.5 Å². The highest BCUT2D eigenvalue weighted by molar-refractivity contribution is 8.01. The van der Waals surface area contributed by atoms with Crippen LogP contribution in [0.3, 0.4) is 0 Å². The van der Waals surface area contributed by atoms with E-state index in [2.05, 4.69) is 6.92 Å². The van der Waals surface area contributed by atoms with E-state index in [0.29, 0.717) is 6.61 Å². The second kappa shape index (κ2) is 7.66. The van der Waals surface area contributed by atoms with Crippen LogP contribution in [0.5, 0.6) is 0 Å². The summed E-state index contributed by atoms with van der Waals surface area (Å²) in [6, 6.07) is 0. The zero-order valence-corrected chi connectivity index (χ0v) is 7.82. The van der Waals surface area contributed by atoms with Crippen molar-refractivity contribution in [1.29, 1.82) is 0 Å². The molecular formula is C8H14O2S. The lowest BCUT2D eigenvalue weighted by Crippen LogP contribution is -2.01. The molecule has 0 heterocycles. The van der Waals surface area contributed by atoms with Gasteiger partial charge in [-0.1, -0.05) is 13.3 Å². The average molecular weight is 174 g/mol. The van der Waals surface area contributed by atoms with E-state index in [1.807, 2.05) is 6.26 Å². The Kier molecular flexibility index (Phi) is 7.36. The van der Waals surface area contributed by atoms with Gasteiger partial charge in [-0.05, 0) is 18.1 Å². The third kappa shape index (κ3) is 7.46. The third-order valence-corrected chi connectivity index (χ3v) is 1.49. The molecule has 0 aromatic heterocycles. The first kappa shape index (κ1) is 10.6. The monoisotopic (exact) mass is 174 g/mol. The van der Waals surface area contributed by atoms with E-state index in [0.717, 1.165) is 12.8 Å². The Hall–Kier alpha value is -0.440. The standard InChI is InChI=1S/C8H14O2S/c1-3-4-6-10-8(9)5-7-11-2/h5,7H,3-4,6H2,1-2H3. The van der Waals surface area contributed by atoms with Gasteiger partial charge in [0, 0.05) is 6.08 Å². The van der Waals surface area contributed by atoms with Gasteiger partial charge < -0.3 is 4.74 Å². The molecular weight excluding hydrogens is 160 g/mol. The number of rotatable bonds is 5. The first-order valence-corrected chi connectivity index (χ1v) is 4.96. The number of esters is 1. The Bertz CT molecular complexity index is 132. The molecule has 0 aliphatic heterocycles. The number of carbonyl (C=O) groups is 1. The minimum absolute atomic E-state index is 0.243. The number of hydrogen-bond donors (Lipinski definition) is 0. The van der Waals surface area contributed by atoms with E-state index < -0.39 is 0 Å². The molecule has 0 aromatic rings. The molecule has 0 aliphatic rings. The summed E-state index contributed by atoms with van der Waals surface area (Å²) < 4.78 is 4.85. The van der Waals surface area contributed by atoms with Crippen molar-refractivity contribution < 1.29 is 9.53 Å². The van der Waals surface area contributed by atoms with E-state index in [4.69, 9.17) is 4.74 Å². The molecule has 0 unspecified atom stereocenters. The van der Waals surface area contributed by atoms with Gasteiger partial charge >= 0.3 is 5.97 Å². The average Bonchev–Trinajstić information content (AvgIpc) is 2.01. The van der Waals surface area contributed by atoms with Crippen LogP contribution in [0, 0.1) is 0 Å². The summed E-state index contributed by atoms with van der Waals surface area (Å²) in [6.45, 7) is 2.60. The van der Waals surface area contributed by atoms with Crippen molar-refractivity contribution in [2.24, 2.45) is 0 Å². The van der Waals surface area contributed by atoms with Gasteiger partial charge in [-0.25, -0.2) is 4.79 Å². The Morgan fingerprint density at radius 1 is 1.64 bits per heavy atom. The highest BCUT2D eigenvalue weighted by atomic mass is 32.2. The molecule has 0 N–H and O–H groups in total. The van der Waals surface area contributed by atoms with Crippen molar-refractivity contribution >= 4 is 17.7 Å². The summed E-state index contributed by atoms with van der Waals surface area (Å²) in [4.78, 5) is 10.8. The fourth-order valence-electron chi connectivity index (χ4n) is 0.489. The van der Waals surface area contributed by atoms with Crippen LogP contribution in [0.2, 0.25) is 0 Å². The summed E-state index contributed by atoms with van der Waals surface area (Å²) in [7, 11) is 0. The van der Waals surface area contributed by atoms with Crippen LogP contribution in [-0.4, -0.2) is 18.8 Å². The maximum atomic E-state index is 10.8. The zero-order valence-electron chi connectivity index (χ0n) is 7.00. The molecule has 0 fully saturated rings. The molecule has 0 saturated heterocycles. The second-order valence-corrected chi connectivity index (χ2v) is 2.80. The van der Waals surface area contributed by atoms with Crippen molar-refractivity contribution in [2.75, 3.05) is 12.9 Å². The number of thioether (sulfide) groups is 1. The first-order chi connectivity index (χ1) is 5.31. The molecule has 0 rings (SSSR count). The number of carbonyl (C=O) groups excluding carboxylic acids is 1. The van der Waals surface area contributed by atoms with Gasteiger partial charge in [0.15, 0.2) is 0 Å². The molecule has 2 nitrogen and oxygen atoms in total. The molecule has 64 valence electrons. The van der Waals surface area contributed by atoms with Gasteiger partial charge in [-0.3, -0.25) is 0 Å².